The van der Waals surface area contributed by atoms with Gasteiger partial charge in [-0.1, -0.05) is 12.1 Å². The molecule has 1 heterocycles. The molecule has 138 valence electrons. The fraction of sp³-hybridized carbons (Fsp3) is 0.222. The summed E-state index contributed by atoms with van der Waals surface area (Å²) < 4.78 is 22.1. The van der Waals surface area contributed by atoms with Crippen molar-refractivity contribution in [1.82, 2.24) is 4.57 Å². The third-order valence-corrected chi connectivity index (χ3v) is 3.94. The molecule has 0 fully saturated rings. The van der Waals surface area contributed by atoms with Crippen molar-refractivity contribution in [3.8, 4) is 5.75 Å². The summed E-state index contributed by atoms with van der Waals surface area (Å²) in [6, 6.07) is 13.6. The third-order valence-electron chi connectivity index (χ3n) is 3.94. The maximum Gasteiger partial charge on any atom is 0.356 e. The van der Waals surface area contributed by atoms with Gasteiger partial charge in [-0.25, -0.2) is 13.5 Å². The highest BCUT2D eigenvalue weighted by molar-refractivity contribution is 5.76. The average molecular weight is 379 g/mol. The Morgan fingerprint density at radius 3 is 2.54 bits per heavy atom. The second-order valence-corrected chi connectivity index (χ2v) is 5.71. The molecule has 0 saturated carbocycles. The Morgan fingerprint density at radius 1 is 1.15 bits per heavy atom. The molecule has 8 heteroatoms. The summed E-state index contributed by atoms with van der Waals surface area (Å²) in [6.45, 7) is 1.12. The molecule has 1 amide bonds. The lowest BCUT2D eigenvalue weighted by molar-refractivity contribution is -0.644. The largest absolute Gasteiger partial charge is 1.00 e. The SMILES string of the molecule is NC(=O)C[n+]1c(N)n(CCCOc2ccc(F)cc2)c2ccccc21.[Cl-]. The molecule has 3 rings (SSSR count). The first kappa shape index (κ1) is 19.5. The van der Waals surface area contributed by atoms with E-state index in [1.807, 2.05) is 28.8 Å². The van der Waals surface area contributed by atoms with Crippen molar-refractivity contribution >= 4 is 22.9 Å². The molecule has 0 aliphatic heterocycles. The lowest BCUT2D eigenvalue weighted by Crippen LogP contribution is -3.00. The van der Waals surface area contributed by atoms with E-state index in [1.54, 1.807) is 16.7 Å². The second kappa shape index (κ2) is 8.53. The van der Waals surface area contributed by atoms with Crippen LogP contribution < -0.4 is 33.2 Å². The van der Waals surface area contributed by atoms with E-state index in [0.29, 0.717) is 31.3 Å². The van der Waals surface area contributed by atoms with Crippen LogP contribution in [0, 0.1) is 5.82 Å². The Balaban J connectivity index is 0.00000243. The Kier molecular flexibility index (Phi) is 6.41. The van der Waals surface area contributed by atoms with E-state index >= 15 is 0 Å². The van der Waals surface area contributed by atoms with Crippen LogP contribution in [0.3, 0.4) is 0 Å². The number of carbonyl (C=O) groups is 1. The molecule has 0 bridgehead atoms. The number of fused-ring (bicyclic) bond motifs is 1. The van der Waals surface area contributed by atoms with Gasteiger partial charge in [0.1, 0.15) is 22.6 Å². The van der Waals surface area contributed by atoms with Crippen LogP contribution in [-0.2, 0) is 17.9 Å². The molecule has 4 N–H and O–H groups in total. The third kappa shape index (κ3) is 4.23. The van der Waals surface area contributed by atoms with Crippen LogP contribution in [0.15, 0.2) is 48.5 Å². The molecule has 0 aliphatic carbocycles. The van der Waals surface area contributed by atoms with E-state index in [2.05, 4.69) is 0 Å². The van der Waals surface area contributed by atoms with E-state index < -0.39 is 5.91 Å². The number of hydrogen-bond acceptors (Lipinski definition) is 3. The molecule has 3 aromatic rings. The zero-order valence-corrected chi connectivity index (χ0v) is 14.8. The highest BCUT2D eigenvalue weighted by atomic mass is 35.5. The van der Waals surface area contributed by atoms with Crippen molar-refractivity contribution in [3.05, 3.63) is 54.3 Å². The summed E-state index contributed by atoms with van der Waals surface area (Å²) in [5.74, 6) is 0.356. The number of amides is 1. The Morgan fingerprint density at radius 2 is 1.85 bits per heavy atom. The van der Waals surface area contributed by atoms with Gasteiger partial charge in [-0.2, -0.15) is 0 Å². The highest BCUT2D eigenvalue weighted by Gasteiger charge is 2.21. The van der Waals surface area contributed by atoms with Gasteiger partial charge < -0.3 is 22.9 Å². The first-order chi connectivity index (χ1) is 12.1. The van der Waals surface area contributed by atoms with Crippen LogP contribution in [0.25, 0.3) is 11.0 Å². The Bertz CT molecular complexity index is 896. The van der Waals surface area contributed by atoms with Crippen molar-refractivity contribution < 1.29 is 30.9 Å². The monoisotopic (exact) mass is 378 g/mol. The number of imidazole rings is 1. The fourth-order valence-corrected chi connectivity index (χ4v) is 2.81. The molecule has 0 spiro atoms. The normalized spacial score (nSPS) is 10.5. The molecule has 26 heavy (non-hydrogen) atoms. The summed E-state index contributed by atoms with van der Waals surface area (Å²) in [6.07, 6.45) is 0.705. The minimum absolute atomic E-state index is 0. The number of ether oxygens (including phenoxy) is 1. The van der Waals surface area contributed by atoms with Gasteiger partial charge in [0.25, 0.3) is 5.91 Å². The topological polar surface area (TPSA) is 87.2 Å². The molecule has 0 unspecified atom stereocenters. The van der Waals surface area contributed by atoms with Crippen molar-refractivity contribution in [3.63, 3.8) is 0 Å². The van der Waals surface area contributed by atoms with Gasteiger partial charge in [-0.3, -0.25) is 10.5 Å². The predicted molar refractivity (Wildman–Crippen MR) is 92.3 cm³/mol. The van der Waals surface area contributed by atoms with E-state index in [-0.39, 0.29) is 24.8 Å². The van der Waals surface area contributed by atoms with Gasteiger partial charge >= 0.3 is 5.95 Å². The first-order valence-corrected chi connectivity index (χ1v) is 7.99. The van der Waals surface area contributed by atoms with Crippen LogP contribution in [0.4, 0.5) is 10.3 Å². The summed E-state index contributed by atoms with van der Waals surface area (Å²) in [5.41, 5.74) is 13.3. The summed E-state index contributed by atoms with van der Waals surface area (Å²) in [7, 11) is 0. The number of para-hydroxylation sites is 2. The van der Waals surface area contributed by atoms with E-state index in [9.17, 15) is 9.18 Å². The molecule has 0 radical (unpaired) electrons. The smallest absolute Gasteiger partial charge is 0.356 e. The lowest BCUT2D eigenvalue weighted by atomic mass is 10.3. The number of nitrogens with two attached hydrogens (primary N) is 2. The number of aryl methyl sites for hydroxylation is 1. The van der Waals surface area contributed by atoms with Gasteiger partial charge in [0, 0.05) is 6.42 Å². The van der Waals surface area contributed by atoms with Crippen LogP contribution in [0.1, 0.15) is 6.42 Å². The van der Waals surface area contributed by atoms with Crippen molar-refractivity contribution in [1.29, 1.82) is 0 Å². The summed E-state index contributed by atoms with van der Waals surface area (Å²) >= 11 is 0. The minimum Gasteiger partial charge on any atom is -1.00 e. The van der Waals surface area contributed by atoms with Gasteiger partial charge in [-0.05, 0) is 36.4 Å². The molecule has 0 saturated heterocycles. The van der Waals surface area contributed by atoms with Gasteiger partial charge in [0.05, 0.1) is 13.2 Å². The Hall–Kier alpha value is -2.80. The first-order valence-electron chi connectivity index (χ1n) is 7.99. The standard InChI is InChI=1S/C18H19FN4O2.ClH/c19-13-6-8-14(9-7-13)25-11-3-10-22-15-4-1-2-5-16(15)23(18(22)21)12-17(20)24;/h1-2,4-9,21H,3,10-12H2,(H2,20,24);1H. The number of rotatable bonds is 7. The average Bonchev–Trinajstić information content (AvgIpc) is 2.85. The maximum absolute atomic E-state index is 12.9. The molecule has 2 aromatic carbocycles. The van der Waals surface area contributed by atoms with Crippen molar-refractivity contribution in [2.45, 2.75) is 19.5 Å². The van der Waals surface area contributed by atoms with Crippen molar-refractivity contribution in [2.24, 2.45) is 5.73 Å². The zero-order chi connectivity index (χ0) is 17.8. The van der Waals surface area contributed by atoms with Gasteiger partial charge in [0.15, 0.2) is 6.54 Å². The molecule has 1 aromatic heterocycles. The number of carbonyl (C=O) groups excluding carboxylic acids is 1. The van der Waals surface area contributed by atoms with Gasteiger partial charge in [0.2, 0.25) is 0 Å². The molecular weight excluding hydrogens is 359 g/mol. The molecule has 0 aliphatic rings. The van der Waals surface area contributed by atoms with Crippen LogP contribution in [0.5, 0.6) is 5.75 Å². The molecular formula is C18H20ClFN4O2. The van der Waals surface area contributed by atoms with E-state index in [1.165, 1.54) is 12.1 Å². The quantitative estimate of drug-likeness (QED) is 0.392. The van der Waals surface area contributed by atoms with Crippen LogP contribution in [-0.4, -0.2) is 17.1 Å². The molecule has 6 nitrogen and oxygen atoms in total. The number of primary amides is 1. The number of nitrogens with zero attached hydrogens (tertiary/aromatic N) is 2. The summed E-state index contributed by atoms with van der Waals surface area (Å²) in [5, 5.41) is 0. The minimum atomic E-state index is -0.445. The Labute approximate surface area is 156 Å². The van der Waals surface area contributed by atoms with E-state index in [4.69, 9.17) is 16.2 Å². The van der Waals surface area contributed by atoms with E-state index in [0.717, 1.165) is 11.0 Å². The number of hydrogen-bond donors (Lipinski definition) is 2. The number of nitrogen functional groups attached to an aromatic ring is 1. The summed E-state index contributed by atoms with van der Waals surface area (Å²) in [4.78, 5) is 11.3. The van der Waals surface area contributed by atoms with Crippen molar-refractivity contribution in [2.75, 3.05) is 12.3 Å². The van der Waals surface area contributed by atoms with Crippen LogP contribution in [0.2, 0.25) is 0 Å². The van der Waals surface area contributed by atoms with Crippen LogP contribution >= 0.6 is 0 Å². The maximum atomic E-state index is 12.9. The second-order valence-electron chi connectivity index (χ2n) is 5.71. The van der Waals surface area contributed by atoms with Gasteiger partial charge in [-0.15, -0.1) is 0 Å². The number of halogens is 2. The predicted octanol–water partition coefficient (Wildman–Crippen LogP) is -1.39. The number of benzene rings is 2. The fourth-order valence-electron chi connectivity index (χ4n) is 2.81. The number of aromatic nitrogens is 2. The lowest BCUT2D eigenvalue weighted by Gasteiger charge is -2.06. The highest BCUT2D eigenvalue weighted by Crippen LogP contribution is 2.17. The number of anilines is 1. The molecule has 0 atom stereocenters. The zero-order valence-electron chi connectivity index (χ0n) is 14.1.